The Morgan fingerprint density at radius 1 is 0.609 bits per heavy atom. The van der Waals surface area contributed by atoms with Crippen LogP contribution in [0, 0.1) is 0 Å². The maximum absolute atomic E-state index is 2.28. The number of benzene rings is 2. The Morgan fingerprint density at radius 3 is 1.48 bits per heavy atom. The van der Waals surface area contributed by atoms with E-state index >= 15 is 0 Å². The smallest absolute Gasteiger partial charge is 0.0276 e. The Labute approximate surface area is 145 Å². The van der Waals surface area contributed by atoms with Crippen molar-refractivity contribution in [2.24, 2.45) is 0 Å². The molecule has 0 N–H and O–H groups in total. The maximum atomic E-state index is 2.28. The van der Waals surface area contributed by atoms with Gasteiger partial charge in [0.2, 0.25) is 0 Å². The molecule has 1 heteroatoms. The second-order valence-electron chi connectivity index (χ2n) is 5.64. The monoisotopic (exact) mass is 322 g/mol. The largest absolute Gasteiger partial charge is 0.107 e. The molecule has 0 heterocycles. The Bertz CT molecular complexity index is 516. The summed E-state index contributed by atoms with van der Waals surface area (Å²) in [6.45, 7) is 0. The third-order valence-electron chi connectivity index (χ3n) is 3.71. The van der Waals surface area contributed by atoms with Gasteiger partial charge < -0.3 is 0 Å². The second-order valence-corrected chi connectivity index (χ2v) is 6.45. The van der Waals surface area contributed by atoms with Crippen LogP contribution in [0.4, 0.5) is 0 Å². The zero-order valence-corrected chi connectivity index (χ0v) is 14.6. The van der Waals surface area contributed by atoms with E-state index in [9.17, 15) is 0 Å². The molecular formula is C22H26S. The topological polar surface area (TPSA) is 0 Å². The molecule has 0 aromatic heterocycles. The quantitative estimate of drug-likeness (QED) is 0.434. The van der Waals surface area contributed by atoms with Gasteiger partial charge >= 0.3 is 0 Å². The predicted molar refractivity (Wildman–Crippen MR) is 105 cm³/mol. The van der Waals surface area contributed by atoms with Gasteiger partial charge in [0, 0.05) is 0 Å². The number of unbranched alkanes of at least 4 members (excludes halogenated alkanes) is 2. The lowest BCUT2D eigenvalue weighted by Crippen LogP contribution is -1.82. The average molecular weight is 323 g/mol. The van der Waals surface area contributed by atoms with Crippen molar-refractivity contribution in [2.45, 2.75) is 38.5 Å². The molecule has 0 saturated heterocycles. The van der Waals surface area contributed by atoms with E-state index in [4.69, 9.17) is 0 Å². The van der Waals surface area contributed by atoms with Crippen LogP contribution in [0.3, 0.4) is 0 Å². The number of hydrogen-bond acceptors (Lipinski definition) is 1. The zero-order valence-electron chi connectivity index (χ0n) is 13.7. The van der Waals surface area contributed by atoms with Crippen molar-refractivity contribution < 1.29 is 0 Å². The standard InChI is InChI=1S/C22H26S/c1-5-13-21(14-6-1)17-9-3-11-19-23-20-12-4-10-18-22-15-7-2-8-16-22/h1-2,5-8,11-16,19-20H,3-4,9-10,17-18H2. The van der Waals surface area contributed by atoms with Gasteiger partial charge in [-0.15, -0.1) is 11.8 Å². The molecule has 0 fully saturated rings. The third kappa shape index (κ3) is 8.47. The van der Waals surface area contributed by atoms with Crippen LogP contribution in [-0.2, 0) is 12.8 Å². The summed E-state index contributed by atoms with van der Waals surface area (Å²) in [6.07, 6.45) is 11.7. The van der Waals surface area contributed by atoms with Crippen LogP contribution in [0.15, 0.2) is 83.6 Å². The molecule has 2 rings (SSSR count). The van der Waals surface area contributed by atoms with E-state index in [-0.39, 0.29) is 0 Å². The van der Waals surface area contributed by atoms with Gasteiger partial charge in [-0.3, -0.25) is 0 Å². The Hall–Kier alpha value is -1.73. The van der Waals surface area contributed by atoms with Crippen LogP contribution >= 0.6 is 11.8 Å². The van der Waals surface area contributed by atoms with Crippen LogP contribution in [-0.4, -0.2) is 0 Å². The first-order valence-corrected chi connectivity index (χ1v) is 9.43. The molecule has 23 heavy (non-hydrogen) atoms. The fourth-order valence-electron chi connectivity index (χ4n) is 2.43. The number of aryl methyl sites for hydroxylation is 2. The van der Waals surface area contributed by atoms with E-state index in [1.54, 1.807) is 11.8 Å². The van der Waals surface area contributed by atoms with Crippen molar-refractivity contribution in [3.05, 3.63) is 94.8 Å². The first-order chi connectivity index (χ1) is 11.4. The molecule has 0 radical (unpaired) electrons. The minimum absolute atomic E-state index is 1.16. The fraction of sp³-hybridized carbons (Fsp3) is 0.273. The van der Waals surface area contributed by atoms with Gasteiger partial charge in [-0.25, -0.2) is 0 Å². The highest BCUT2D eigenvalue weighted by Crippen LogP contribution is 2.10. The summed E-state index contributed by atoms with van der Waals surface area (Å²) in [5, 5.41) is 4.41. The first-order valence-electron chi connectivity index (χ1n) is 8.48. The van der Waals surface area contributed by atoms with Gasteiger partial charge in [-0.1, -0.05) is 72.8 Å². The summed E-state index contributed by atoms with van der Waals surface area (Å²) in [4.78, 5) is 0. The SMILES string of the molecule is C(=CSC=CCCCc1ccccc1)CCCc1ccccc1. The van der Waals surface area contributed by atoms with Crippen molar-refractivity contribution in [3.63, 3.8) is 0 Å². The summed E-state index contributed by atoms with van der Waals surface area (Å²) in [7, 11) is 0. The van der Waals surface area contributed by atoms with Crippen LogP contribution in [0.2, 0.25) is 0 Å². The van der Waals surface area contributed by atoms with E-state index in [2.05, 4.69) is 83.6 Å². The highest BCUT2D eigenvalue weighted by atomic mass is 32.2. The third-order valence-corrected chi connectivity index (χ3v) is 4.41. The van der Waals surface area contributed by atoms with E-state index in [0.29, 0.717) is 0 Å². The van der Waals surface area contributed by atoms with Crippen molar-refractivity contribution in [1.82, 2.24) is 0 Å². The van der Waals surface area contributed by atoms with Crippen molar-refractivity contribution in [2.75, 3.05) is 0 Å². The number of hydrogen-bond donors (Lipinski definition) is 0. The van der Waals surface area contributed by atoms with Crippen LogP contribution in [0.1, 0.15) is 36.8 Å². The molecule has 0 saturated carbocycles. The lowest BCUT2D eigenvalue weighted by atomic mass is 10.1. The summed E-state index contributed by atoms with van der Waals surface area (Å²) in [5.74, 6) is 0. The predicted octanol–water partition coefficient (Wildman–Crippen LogP) is 6.79. The Morgan fingerprint density at radius 2 is 1.04 bits per heavy atom. The summed E-state index contributed by atoms with van der Waals surface area (Å²) < 4.78 is 0. The van der Waals surface area contributed by atoms with Crippen LogP contribution in [0.5, 0.6) is 0 Å². The second kappa shape index (κ2) is 11.8. The molecule has 0 aliphatic carbocycles. The minimum Gasteiger partial charge on any atom is -0.107 e. The zero-order chi connectivity index (χ0) is 16.0. The molecule has 0 aliphatic rings. The van der Waals surface area contributed by atoms with Gasteiger partial charge in [0.15, 0.2) is 0 Å². The molecule has 0 unspecified atom stereocenters. The van der Waals surface area contributed by atoms with Gasteiger partial charge in [0.1, 0.15) is 0 Å². The molecule has 0 aliphatic heterocycles. The number of thioether (sulfide) groups is 1. The molecule has 2 aromatic carbocycles. The minimum atomic E-state index is 1.16. The van der Waals surface area contributed by atoms with E-state index < -0.39 is 0 Å². The van der Waals surface area contributed by atoms with Crippen molar-refractivity contribution in [1.29, 1.82) is 0 Å². The lowest BCUT2D eigenvalue weighted by molar-refractivity contribution is 0.843. The molecule has 0 amide bonds. The normalized spacial score (nSPS) is 11.5. The summed E-state index contributed by atoms with van der Waals surface area (Å²) in [6, 6.07) is 21.4. The molecule has 0 spiro atoms. The number of allylic oxidation sites excluding steroid dienone is 2. The summed E-state index contributed by atoms with van der Waals surface area (Å²) in [5.41, 5.74) is 2.87. The number of rotatable bonds is 10. The van der Waals surface area contributed by atoms with Gasteiger partial charge in [0.25, 0.3) is 0 Å². The first kappa shape index (κ1) is 17.6. The van der Waals surface area contributed by atoms with Crippen molar-refractivity contribution in [3.8, 4) is 0 Å². The summed E-state index contributed by atoms with van der Waals surface area (Å²) >= 11 is 1.78. The highest BCUT2D eigenvalue weighted by molar-refractivity contribution is 8.04. The molecule has 0 nitrogen and oxygen atoms in total. The lowest BCUT2D eigenvalue weighted by Gasteiger charge is -1.98. The van der Waals surface area contributed by atoms with E-state index in [1.165, 1.54) is 36.8 Å². The molecule has 120 valence electrons. The van der Waals surface area contributed by atoms with Crippen LogP contribution < -0.4 is 0 Å². The van der Waals surface area contributed by atoms with E-state index in [1.807, 2.05) is 0 Å². The molecule has 2 aromatic rings. The molecule has 0 bridgehead atoms. The Balaban J connectivity index is 1.46. The fourth-order valence-corrected chi connectivity index (χ4v) is 3.02. The van der Waals surface area contributed by atoms with Crippen molar-refractivity contribution >= 4 is 11.8 Å². The maximum Gasteiger partial charge on any atom is -0.0276 e. The van der Waals surface area contributed by atoms with E-state index in [0.717, 1.165) is 12.8 Å². The van der Waals surface area contributed by atoms with Gasteiger partial charge in [0.05, 0.1) is 0 Å². The highest BCUT2D eigenvalue weighted by Gasteiger charge is 1.90. The molecule has 0 atom stereocenters. The average Bonchev–Trinajstić information content (AvgIpc) is 2.61. The van der Waals surface area contributed by atoms with Gasteiger partial charge in [-0.2, -0.15) is 0 Å². The van der Waals surface area contributed by atoms with Crippen LogP contribution in [0.25, 0.3) is 0 Å². The van der Waals surface area contributed by atoms with Gasteiger partial charge in [-0.05, 0) is 60.5 Å². The Kier molecular flexibility index (Phi) is 9.03. The molecular weight excluding hydrogens is 296 g/mol.